The zero-order valence-electron chi connectivity index (χ0n) is 12.3. The molecule has 4 heteroatoms. The number of nitrogens with zero attached hydrogens (tertiary/aromatic N) is 1. The third-order valence-corrected chi connectivity index (χ3v) is 3.72. The van der Waals surface area contributed by atoms with E-state index in [1.807, 2.05) is 30.3 Å². The standard InChI is InChI=1S/C16H24N2O2/c1-13(2)18-10-6-9-15(11-18)17-16(19)20-12-14-7-4-3-5-8-14/h3-5,7-8,13,15H,6,9-12H2,1-2H3,(H,17,19). The van der Waals surface area contributed by atoms with Gasteiger partial charge in [0.25, 0.3) is 0 Å². The van der Waals surface area contributed by atoms with Crippen LogP contribution in [0.2, 0.25) is 0 Å². The van der Waals surface area contributed by atoms with Crippen molar-refractivity contribution in [3.63, 3.8) is 0 Å². The molecule has 4 nitrogen and oxygen atoms in total. The van der Waals surface area contributed by atoms with Crippen LogP contribution in [0.15, 0.2) is 30.3 Å². The van der Waals surface area contributed by atoms with Crippen LogP contribution >= 0.6 is 0 Å². The Balaban J connectivity index is 1.74. The number of hydrogen-bond donors (Lipinski definition) is 1. The molecule has 20 heavy (non-hydrogen) atoms. The van der Waals surface area contributed by atoms with Gasteiger partial charge in [-0.2, -0.15) is 0 Å². The number of nitrogens with one attached hydrogen (secondary N) is 1. The summed E-state index contributed by atoms with van der Waals surface area (Å²) >= 11 is 0. The smallest absolute Gasteiger partial charge is 0.407 e. The molecule has 0 aliphatic carbocycles. The summed E-state index contributed by atoms with van der Waals surface area (Å²) in [7, 11) is 0. The molecule has 0 bridgehead atoms. The Morgan fingerprint density at radius 3 is 2.85 bits per heavy atom. The topological polar surface area (TPSA) is 41.6 Å². The van der Waals surface area contributed by atoms with E-state index in [4.69, 9.17) is 4.74 Å². The molecule has 0 saturated carbocycles. The highest BCUT2D eigenvalue weighted by Crippen LogP contribution is 2.13. The zero-order chi connectivity index (χ0) is 14.4. The minimum Gasteiger partial charge on any atom is -0.445 e. The van der Waals surface area contributed by atoms with E-state index in [2.05, 4.69) is 24.1 Å². The van der Waals surface area contributed by atoms with E-state index in [1.165, 1.54) is 0 Å². The summed E-state index contributed by atoms with van der Waals surface area (Å²) in [6.07, 6.45) is 1.84. The second-order valence-electron chi connectivity index (χ2n) is 5.63. The Morgan fingerprint density at radius 1 is 1.40 bits per heavy atom. The molecule has 110 valence electrons. The van der Waals surface area contributed by atoms with Crippen molar-refractivity contribution in [3.05, 3.63) is 35.9 Å². The van der Waals surface area contributed by atoms with E-state index in [0.29, 0.717) is 12.6 Å². The van der Waals surface area contributed by atoms with Crippen molar-refractivity contribution < 1.29 is 9.53 Å². The van der Waals surface area contributed by atoms with Gasteiger partial charge < -0.3 is 10.1 Å². The van der Waals surface area contributed by atoms with Gasteiger partial charge in [-0.05, 0) is 38.8 Å². The van der Waals surface area contributed by atoms with Gasteiger partial charge in [-0.3, -0.25) is 4.90 Å². The third-order valence-electron chi connectivity index (χ3n) is 3.72. The van der Waals surface area contributed by atoms with Crippen molar-refractivity contribution in [2.24, 2.45) is 0 Å². The number of hydrogen-bond acceptors (Lipinski definition) is 3. The molecular weight excluding hydrogens is 252 g/mol. The van der Waals surface area contributed by atoms with E-state index < -0.39 is 0 Å². The molecule has 1 aromatic carbocycles. The second kappa shape index (κ2) is 7.29. The van der Waals surface area contributed by atoms with Crippen LogP contribution < -0.4 is 5.32 Å². The van der Waals surface area contributed by atoms with Crippen LogP contribution in [0.4, 0.5) is 4.79 Å². The van der Waals surface area contributed by atoms with Crippen LogP contribution in [0.5, 0.6) is 0 Å². The van der Waals surface area contributed by atoms with Crippen LogP contribution in [0.1, 0.15) is 32.3 Å². The number of ether oxygens (including phenoxy) is 1. The number of alkyl carbamates (subject to hydrolysis) is 1. The van der Waals surface area contributed by atoms with Gasteiger partial charge in [0.2, 0.25) is 0 Å². The van der Waals surface area contributed by atoms with Crippen LogP contribution in [-0.4, -0.2) is 36.2 Å². The molecule has 1 aromatic rings. The number of carbonyl (C=O) groups excluding carboxylic acids is 1. The predicted octanol–water partition coefficient (Wildman–Crippen LogP) is 2.79. The van der Waals surface area contributed by atoms with Crippen molar-refractivity contribution in [2.75, 3.05) is 13.1 Å². The lowest BCUT2D eigenvalue weighted by atomic mass is 10.0. The monoisotopic (exact) mass is 276 g/mol. The molecule has 1 unspecified atom stereocenters. The average molecular weight is 276 g/mol. The van der Waals surface area contributed by atoms with Gasteiger partial charge in [-0.15, -0.1) is 0 Å². The lowest BCUT2D eigenvalue weighted by Gasteiger charge is -2.35. The van der Waals surface area contributed by atoms with E-state index >= 15 is 0 Å². The number of rotatable bonds is 4. The second-order valence-corrected chi connectivity index (χ2v) is 5.63. The fourth-order valence-corrected chi connectivity index (χ4v) is 2.52. The molecule has 1 N–H and O–H groups in total. The van der Waals surface area contributed by atoms with Crippen molar-refractivity contribution in [1.29, 1.82) is 0 Å². The van der Waals surface area contributed by atoms with Gasteiger partial charge in [0.05, 0.1) is 0 Å². The molecule has 1 atom stereocenters. The number of carbonyl (C=O) groups is 1. The van der Waals surface area contributed by atoms with E-state index in [-0.39, 0.29) is 12.1 Å². The molecule has 1 fully saturated rings. The first kappa shape index (κ1) is 14.9. The van der Waals surface area contributed by atoms with Gasteiger partial charge in [0, 0.05) is 18.6 Å². The first-order chi connectivity index (χ1) is 9.65. The molecule has 0 aromatic heterocycles. The highest BCUT2D eigenvalue weighted by molar-refractivity contribution is 5.67. The molecule has 1 aliphatic heterocycles. The highest BCUT2D eigenvalue weighted by atomic mass is 16.5. The lowest BCUT2D eigenvalue weighted by Crippen LogP contribution is -2.49. The number of amides is 1. The summed E-state index contributed by atoms with van der Waals surface area (Å²) in [5.74, 6) is 0. The Labute approximate surface area is 121 Å². The first-order valence-electron chi connectivity index (χ1n) is 7.36. The Bertz CT molecular complexity index is 420. The minimum atomic E-state index is -0.315. The maximum atomic E-state index is 11.8. The lowest BCUT2D eigenvalue weighted by molar-refractivity contribution is 0.116. The molecule has 1 heterocycles. The summed E-state index contributed by atoms with van der Waals surface area (Å²) in [4.78, 5) is 14.2. The Hall–Kier alpha value is -1.55. The minimum absolute atomic E-state index is 0.203. The van der Waals surface area contributed by atoms with E-state index in [0.717, 1.165) is 31.5 Å². The summed E-state index contributed by atoms with van der Waals surface area (Å²) in [5, 5.41) is 2.97. The number of likely N-dealkylation sites (tertiary alicyclic amines) is 1. The molecule has 1 amide bonds. The quantitative estimate of drug-likeness (QED) is 0.919. The highest BCUT2D eigenvalue weighted by Gasteiger charge is 2.23. The summed E-state index contributed by atoms with van der Waals surface area (Å²) < 4.78 is 5.26. The molecule has 1 saturated heterocycles. The normalized spacial score (nSPS) is 19.9. The fraction of sp³-hybridized carbons (Fsp3) is 0.562. The van der Waals surface area contributed by atoms with Crippen LogP contribution in [-0.2, 0) is 11.3 Å². The zero-order valence-corrected chi connectivity index (χ0v) is 12.3. The SMILES string of the molecule is CC(C)N1CCCC(NC(=O)OCc2ccccc2)C1. The fourth-order valence-electron chi connectivity index (χ4n) is 2.52. The van der Waals surface area contributed by atoms with Crippen molar-refractivity contribution in [3.8, 4) is 0 Å². The maximum Gasteiger partial charge on any atom is 0.407 e. The molecular formula is C16H24N2O2. The maximum absolute atomic E-state index is 11.8. The predicted molar refractivity (Wildman–Crippen MR) is 79.5 cm³/mol. The number of benzene rings is 1. The Kier molecular flexibility index (Phi) is 5.41. The van der Waals surface area contributed by atoms with Gasteiger partial charge in [-0.1, -0.05) is 30.3 Å². The molecule has 2 rings (SSSR count). The molecule has 0 radical (unpaired) electrons. The molecule has 0 spiro atoms. The Morgan fingerprint density at radius 2 is 2.15 bits per heavy atom. The number of piperidine rings is 1. The van der Waals surface area contributed by atoms with Gasteiger partial charge >= 0.3 is 6.09 Å². The van der Waals surface area contributed by atoms with Crippen molar-refractivity contribution >= 4 is 6.09 Å². The van der Waals surface area contributed by atoms with Gasteiger partial charge in [0.15, 0.2) is 0 Å². The largest absolute Gasteiger partial charge is 0.445 e. The third kappa shape index (κ3) is 4.53. The van der Waals surface area contributed by atoms with Crippen LogP contribution in [0, 0.1) is 0 Å². The first-order valence-corrected chi connectivity index (χ1v) is 7.36. The average Bonchev–Trinajstić information content (AvgIpc) is 2.46. The van der Waals surface area contributed by atoms with E-state index in [9.17, 15) is 4.79 Å². The van der Waals surface area contributed by atoms with Gasteiger partial charge in [0.1, 0.15) is 6.61 Å². The van der Waals surface area contributed by atoms with Crippen molar-refractivity contribution in [1.82, 2.24) is 10.2 Å². The van der Waals surface area contributed by atoms with Crippen LogP contribution in [0.3, 0.4) is 0 Å². The van der Waals surface area contributed by atoms with E-state index in [1.54, 1.807) is 0 Å². The summed E-state index contributed by atoms with van der Waals surface area (Å²) in [6, 6.07) is 10.5. The van der Waals surface area contributed by atoms with Gasteiger partial charge in [-0.25, -0.2) is 4.79 Å². The van der Waals surface area contributed by atoms with Crippen LogP contribution in [0.25, 0.3) is 0 Å². The molecule has 1 aliphatic rings. The van der Waals surface area contributed by atoms with Crippen molar-refractivity contribution in [2.45, 2.75) is 45.4 Å². The summed E-state index contributed by atoms with van der Waals surface area (Å²) in [6.45, 7) is 6.74. The summed E-state index contributed by atoms with van der Waals surface area (Å²) in [5.41, 5.74) is 1.01.